The second-order valence-electron chi connectivity index (χ2n) is 3.18. The van der Waals surface area contributed by atoms with Gasteiger partial charge in [-0.15, -0.1) is 0 Å². The fourth-order valence-electron chi connectivity index (χ4n) is 1.36. The Bertz CT molecular complexity index is 529. The van der Waals surface area contributed by atoms with Crippen molar-refractivity contribution in [3.05, 3.63) is 34.0 Å². The number of imidazole rings is 1. The van der Waals surface area contributed by atoms with Crippen molar-refractivity contribution in [3.8, 4) is 0 Å². The van der Waals surface area contributed by atoms with Crippen molar-refractivity contribution in [1.82, 2.24) is 9.97 Å². The number of hydrogen-bond acceptors (Lipinski definition) is 2. The quantitative estimate of drug-likeness (QED) is 0.622. The average molecular weight is 212 g/mol. The van der Waals surface area contributed by atoms with Crippen LogP contribution in [0.1, 0.15) is 17.7 Å². The largest absolute Gasteiger partial charge is 0.323 e. The van der Waals surface area contributed by atoms with Gasteiger partial charge >= 0.3 is 5.69 Å². The molecule has 1 atom stereocenters. The molecule has 0 saturated carbocycles. The van der Waals surface area contributed by atoms with Crippen LogP contribution in [0, 0.1) is 5.82 Å². The Balaban J connectivity index is 2.77. The van der Waals surface area contributed by atoms with E-state index in [-0.39, 0.29) is 10.8 Å². The third-order valence-corrected chi connectivity index (χ3v) is 2.38. The van der Waals surface area contributed by atoms with E-state index in [1.807, 2.05) is 6.92 Å². The number of nitrogens with one attached hydrogen (secondary N) is 2. The number of hydrogen-bond donors (Lipinski definition) is 3. The topological polar surface area (TPSA) is 48.6 Å². The summed E-state index contributed by atoms with van der Waals surface area (Å²) >= 11 is 4.20. The summed E-state index contributed by atoms with van der Waals surface area (Å²) in [6.45, 7) is 1.84. The van der Waals surface area contributed by atoms with E-state index in [1.54, 1.807) is 6.07 Å². The van der Waals surface area contributed by atoms with Crippen molar-refractivity contribution < 1.29 is 4.39 Å². The van der Waals surface area contributed by atoms with E-state index < -0.39 is 11.5 Å². The van der Waals surface area contributed by atoms with E-state index >= 15 is 0 Å². The number of aromatic amines is 2. The summed E-state index contributed by atoms with van der Waals surface area (Å²) in [7, 11) is 0. The van der Waals surface area contributed by atoms with Crippen molar-refractivity contribution >= 4 is 23.7 Å². The van der Waals surface area contributed by atoms with E-state index in [0.29, 0.717) is 5.52 Å². The highest BCUT2D eigenvalue weighted by Gasteiger charge is 2.08. The van der Waals surface area contributed by atoms with Crippen LogP contribution in [0.3, 0.4) is 0 Å². The summed E-state index contributed by atoms with van der Waals surface area (Å²) in [5.41, 5.74) is 1.04. The molecular weight excluding hydrogens is 203 g/mol. The van der Waals surface area contributed by atoms with Gasteiger partial charge in [0.05, 0.1) is 5.52 Å². The molecular formula is C9H9FN2OS. The zero-order valence-corrected chi connectivity index (χ0v) is 8.36. The Kier molecular flexibility index (Phi) is 2.11. The van der Waals surface area contributed by atoms with Crippen LogP contribution in [-0.4, -0.2) is 9.97 Å². The normalized spacial score (nSPS) is 13.4. The minimum absolute atomic E-state index is 0.0627. The van der Waals surface area contributed by atoms with Crippen LogP contribution < -0.4 is 5.69 Å². The maximum absolute atomic E-state index is 13.4. The fraction of sp³-hybridized carbons (Fsp3) is 0.222. The Morgan fingerprint density at radius 1 is 1.43 bits per heavy atom. The summed E-state index contributed by atoms with van der Waals surface area (Å²) < 4.78 is 13.4. The van der Waals surface area contributed by atoms with Crippen molar-refractivity contribution in [2.45, 2.75) is 12.2 Å². The highest BCUT2D eigenvalue weighted by atomic mass is 32.1. The summed E-state index contributed by atoms with van der Waals surface area (Å²) in [6.07, 6.45) is 0. The summed E-state index contributed by atoms with van der Waals surface area (Å²) in [5.74, 6) is -0.434. The molecule has 0 radical (unpaired) electrons. The van der Waals surface area contributed by atoms with E-state index in [9.17, 15) is 9.18 Å². The molecule has 0 aliphatic heterocycles. The summed E-state index contributed by atoms with van der Waals surface area (Å²) in [4.78, 5) is 15.8. The molecule has 1 aromatic heterocycles. The zero-order chi connectivity index (χ0) is 10.3. The number of aromatic nitrogens is 2. The average Bonchev–Trinajstić information content (AvgIpc) is 2.45. The SMILES string of the molecule is CC(S)c1cc(F)c2[nH]c(=O)[nH]c2c1. The number of benzene rings is 1. The number of halogens is 1. The molecule has 74 valence electrons. The molecule has 14 heavy (non-hydrogen) atoms. The number of rotatable bonds is 1. The first kappa shape index (κ1) is 9.33. The Labute approximate surface area is 84.8 Å². The highest BCUT2D eigenvalue weighted by molar-refractivity contribution is 7.80. The Morgan fingerprint density at radius 2 is 2.14 bits per heavy atom. The fourth-order valence-corrected chi connectivity index (χ4v) is 1.51. The molecule has 0 saturated heterocycles. The maximum Gasteiger partial charge on any atom is 0.323 e. The van der Waals surface area contributed by atoms with Crippen LogP contribution in [0.4, 0.5) is 4.39 Å². The molecule has 1 aromatic carbocycles. The molecule has 5 heteroatoms. The van der Waals surface area contributed by atoms with Crippen LogP contribution in [-0.2, 0) is 0 Å². The van der Waals surface area contributed by atoms with E-state index in [0.717, 1.165) is 5.56 Å². The van der Waals surface area contributed by atoms with Crippen molar-refractivity contribution in [2.24, 2.45) is 0 Å². The molecule has 0 amide bonds. The first-order valence-corrected chi connectivity index (χ1v) is 4.69. The molecule has 0 bridgehead atoms. The van der Waals surface area contributed by atoms with Crippen LogP contribution in [0.2, 0.25) is 0 Å². The van der Waals surface area contributed by atoms with Gasteiger partial charge in [-0.2, -0.15) is 12.6 Å². The van der Waals surface area contributed by atoms with Gasteiger partial charge in [-0.25, -0.2) is 9.18 Å². The smallest absolute Gasteiger partial charge is 0.306 e. The Hall–Kier alpha value is -1.23. The lowest BCUT2D eigenvalue weighted by atomic mass is 10.1. The highest BCUT2D eigenvalue weighted by Crippen LogP contribution is 2.23. The third kappa shape index (κ3) is 1.43. The van der Waals surface area contributed by atoms with Gasteiger partial charge in [-0.1, -0.05) is 0 Å². The van der Waals surface area contributed by atoms with Gasteiger partial charge in [0.1, 0.15) is 11.3 Å². The first-order chi connectivity index (χ1) is 6.58. The molecule has 2 aromatic rings. The van der Waals surface area contributed by atoms with Gasteiger partial charge in [0, 0.05) is 5.25 Å². The van der Waals surface area contributed by atoms with E-state index in [1.165, 1.54) is 6.07 Å². The van der Waals surface area contributed by atoms with Gasteiger partial charge in [0.25, 0.3) is 0 Å². The van der Waals surface area contributed by atoms with Gasteiger partial charge < -0.3 is 9.97 Å². The molecule has 1 heterocycles. The van der Waals surface area contributed by atoms with Gasteiger partial charge in [0.15, 0.2) is 0 Å². The van der Waals surface area contributed by atoms with Gasteiger partial charge in [0.2, 0.25) is 0 Å². The number of H-pyrrole nitrogens is 2. The van der Waals surface area contributed by atoms with Crippen molar-refractivity contribution in [3.63, 3.8) is 0 Å². The third-order valence-electron chi connectivity index (χ3n) is 2.08. The molecule has 3 nitrogen and oxygen atoms in total. The number of fused-ring (bicyclic) bond motifs is 1. The molecule has 0 fully saturated rings. The standard InChI is InChI=1S/C9H9FN2OS/c1-4(14)5-2-6(10)8-7(3-5)11-9(13)12-8/h2-4,14H,1H3,(H2,11,12,13). The van der Waals surface area contributed by atoms with Crippen molar-refractivity contribution in [1.29, 1.82) is 0 Å². The second-order valence-corrected chi connectivity index (χ2v) is 3.95. The molecule has 2 N–H and O–H groups in total. The minimum Gasteiger partial charge on any atom is -0.306 e. The molecule has 0 spiro atoms. The van der Waals surface area contributed by atoms with Crippen LogP contribution in [0.25, 0.3) is 11.0 Å². The van der Waals surface area contributed by atoms with Crippen LogP contribution >= 0.6 is 12.6 Å². The predicted molar refractivity (Wildman–Crippen MR) is 56.3 cm³/mol. The molecule has 1 unspecified atom stereocenters. The summed E-state index contributed by atoms with van der Waals surface area (Å²) in [5, 5.41) is -0.0627. The zero-order valence-electron chi connectivity index (χ0n) is 7.47. The lowest BCUT2D eigenvalue weighted by Gasteiger charge is -2.04. The molecule has 0 aliphatic rings. The first-order valence-electron chi connectivity index (χ1n) is 4.17. The molecule has 2 rings (SSSR count). The van der Waals surface area contributed by atoms with Gasteiger partial charge in [-0.05, 0) is 24.6 Å². The molecule has 0 aliphatic carbocycles. The van der Waals surface area contributed by atoms with Crippen molar-refractivity contribution in [2.75, 3.05) is 0 Å². The van der Waals surface area contributed by atoms with Crippen LogP contribution in [0.15, 0.2) is 16.9 Å². The lowest BCUT2D eigenvalue weighted by Crippen LogP contribution is -1.99. The minimum atomic E-state index is -0.434. The lowest BCUT2D eigenvalue weighted by molar-refractivity contribution is 0.635. The monoisotopic (exact) mass is 212 g/mol. The van der Waals surface area contributed by atoms with E-state index in [4.69, 9.17) is 0 Å². The maximum atomic E-state index is 13.4. The summed E-state index contributed by atoms with van der Waals surface area (Å²) in [6, 6.07) is 3.10. The number of thiol groups is 1. The predicted octanol–water partition coefficient (Wildman–Crippen LogP) is 1.99. The second kappa shape index (κ2) is 3.16. The van der Waals surface area contributed by atoms with Crippen LogP contribution in [0.5, 0.6) is 0 Å². The van der Waals surface area contributed by atoms with E-state index in [2.05, 4.69) is 22.6 Å². The Morgan fingerprint density at radius 3 is 2.79 bits per heavy atom. The van der Waals surface area contributed by atoms with Gasteiger partial charge in [-0.3, -0.25) is 0 Å².